The van der Waals surface area contributed by atoms with Crippen LogP contribution in [0.4, 0.5) is 0 Å². The maximum Gasteiger partial charge on any atom is 0.0806 e. The first-order valence-electron chi connectivity index (χ1n) is 5.22. The zero-order chi connectivity index (χ0) is 9.97. The number of hydrogen-bond donors (Lipinski definition) is 0. The predicted molar refractivity (Wildman–Crippen MR) is 63.3 cm³/mol. The number of thioether (sulfide) groups is 2. The molecule has 4 heteroatoms. The van der Waals surface area contributed by atoms with Crippen LogP contribution in [0.2, 0.25) is 0 Å². The summed E-state index contributed by atoms with van der Waals surface area (Å²) in [6.45, 7) is 6.02. The number of rotatable bonds is 7. The monoisotopic (exact) mass is 234 g/mol. The molecule has 0 aromatic rings. The molecule has 0 saturated carbocycles. The smallest absolute Gasteiger partial charge is 0.0806 e. The van der Waals surface area contributed by atoms with Crippen molar-refractivity contribution >= 4 is 23.5 Å². The van der Waals surface area contributed by atoms with E-state index in [2.05, 4.69) is 13.8 Å². The van der Waals surface area contributed by atoms with E-state index in [4.69, 9.17) is 9.47 Å². The van der Waals surface area contributed by atoms with Crippen LogP contribution in [0.1, 0.15) is 13.8 Å². The van der Waals surface area contributed by atoms with Crippen LogP contribution >= 0.6 is 23.5 Å². The molecule has 2 rings (SSSR count). The van der Waals surface area contributed by atoms with E-state index in [9.17, 15) is 0 Å². The Hall–Kier alpha value is 0.620. The summed E-state index contributed by atoms with van der Waals surface area (Å²) in [5, 5.41) is 1.53. The molecule has 0 spiro atoms. The van der Waals surface area contributed by atoms with Crippen molar-refractivity contribution in [3.8, 4) is 0 Å². The summed E-state index contributed by atoms with van der Waals surface area (Å²) >= 11 is 3.96. The molecule has 2 aliphatic heterocycles. The zero-order valence-electron chi connectivity index (χ0n) is 8.77. The van der Waals surface area contributed by atoms with Crippen LogP contribution < -0.4 is 0 Å². The molecule has 2 fully saturated rings. The third-order valence-corrected chi connectivity index (χ3v) is 4.44. The van der Waals surface area contributed by atoms with E-state index in [1.807, 2.05) is 23.5 Å². The van der Waals surface area contributed by atoms with Gasteiger partial charge in [0.15, 0.2) is 0 Å². The van der Waals surface area contributed by atoms with Crippen molar-refractivity contribution in [2.75, 3.05) is 24.7 Å². The summed E-state index contributed by atoms with van der Waals surface area (Å²) < 4.78 is 11.5. The van der Waals surface area contributed by atoms with Gasteiger partial charge in [-0.05, 0) is 13.8 Å². The van der Waals surface area contributed by atoms with E-state index in [1.54, 1.807) is 0 Å². The second-order valence-corrected chi connectivity index (χ2v) is 6.65. The highest BCUT2D eigenvalue weighted by Crippen LogP contribution is 2.31. The molecule has 2 heterocycles. The fraction of sp³-hybridized carbons (Fsp3) is 1.00. The molecule has 0 N–H and O–H groups in total. The van der Waals surface area contributed by atoms with Gasteiger partial charge in [0, 0.05) is 22.0 Å². The molecule has 0 bridgehead atoms. The van der Waals surface area contributed by atoms with Crippen LogP contribution in [0.25, 0.3) is 0 Å². The van der Waals surface area contributed by atoms with Crippen LogP contribution in [-0.4, -0.2) is 47.4 Å². The molecule has 4 unspecified atom stereocenters. The Morgan fingerprint density at radius 1 is 1.00 bits per heavy atom. The molecule has 14 heavy (non-hydrogen) atoms. The highest BCUT2D eigenvalue weighted by Gasteiger charge is 2.26. The van der Waals surface area contributed by atoms with E-state index < -0.39 is 0 Å². The zero-order valence-corrected chi connectivity index (χ0v) is 10.4. The molecule has 4 atom stereocenters. The van der Waals surface area contributed by atoms with Gasteiger partial charge in [-0.15, -0.1) is 0 Å². The average Bonchev–Trinajstić information content (AvgIpc) is 3.02. The summed E-state index contributed by atoms with van der Waals surface area (Å²) in [4.78, 5) is 0. The van der Waals surface area contributed by atoms with Crippen molar-refractivity contribution in [1.29, 1.82) is 0 Å². The third kappa shape index (κ3) is 4.01. The lowest BCUT2D eigenvalue weighted by molar-refractivity contribution is -0.0518. The Balaban J connectivity index is 1.53. The Labute approximate surface area is 94.5 Å². The molecule has 0 aromatic heterocycles. The van der Waals surface area contributed by atoms with E-state index >= 15 is 0 Å². The van der Waals surface area contributed by atoms with Crippen molar-refractivity contribution in [2.45, 2.75) is 36.6 Å². The Morgan fingerprint density at radius 2 is 1.36 bits per heavy atom. The highest BCUT2D eigenvalue weighted by molar-refractivity contribution is 8.07. The van der Waals surface area contributed by atoms with E-state index in [0.717, 1.165) is 23.7 Å². The lowest BCUT2D eigenvalue weighted by Crippen LogP contribution is -2.28. The topological polar surface area (TPSA) is 18.5 Å². The molecule has 0 amide bonds. The molecule has 0 aliphatic carbocycles. The molecular formula is C10H18O2S2. The predicted octanol–water partition coefficient (Wildman–Crippen LogP) is 2.03. The molecule has 0 radical (unpaired) electrons. The van der Waals surface area contributed by atoms with E-state index in [0.29, 0.717) is 0 Å². The third-order valence-electron chi connectivity index (χ3n) is 2.56. The minimum absolute atomic E-state index is 0.236. The quantitative estimate of drug-likeness (QED) is 0.627. The van der Waals surface area contributed by atoms with Crippen molar-refractivity contribution in [2.24, 2.45) is 0 Å². The normalized spacial score (nSPS) is 33.9. The van der Waals surface area contributed by atoms with E-state index in [1.165, 1.54) is 11.5 Å². The summed E-state index contributed by atoms with van der Waals surface area (Å²) in [7, 11) is 0. The maximum absolute atomic E-state index is 5.73. The lowest BCUT2D eigenvalue weighted by Gasteiger charge is -2.20. The minimum Gasteiger partial charge on any atom is -0.375 e. The van der Waals surface area contributed by atoms with Gasteiger partial charge >= 0.3 is 0 Å². The molecule has 2 aliphatic rings. The summed E-state index contributed by atoms with van der Waals surface area (Å²) in [6.07, 6.45) is 0.472. The van der Waals surface area contributed by atoms with Crippen molar-refractivity contribution in [1.82, 2.24) is 0 Å². The molecule has 0 aromatic carbocycles. The summed E-state index contributed by atoms with van der Waals surface area (Å²) in [6, 6.07) is 0. The standard InChI is InChI=1S/C10H18O2S2/c1-7(11-3-9-5-13-9)8(2)12-4-10-6-14-10/h7-10H,3-6H2,1-2H3. The summed E-state index contributed by atoms with van der Waals surface area (Å²) in [5.41, 5.74) is 0. The largest absolute Gasteiger partial charge is 0.375 e. The van der Waals surface area contributed by atoms with Crippen LogP contribution in [0.3, 0.4) is 0 Å². The van der Waals surface area contributed by atoms with Crippen molar-refractivity contribution in [3.05, 3.63) is 0 Å². The number of hydrogen-bond acceptors (Lipinski definition) is 4. The van der Waals surface area contributed by atoms with Gasteiger partial charge in [0.25, 0.3) is 0 Å². The highest BCUT2D eigenvalue weighted by atomic mass is 32.2. The van der Waals surface area contributed by atoms with Gasteiger partial charge in [0.1, 0.15) is 0 Å². The molecule has 2 nitrogen and oxygen atoms in total. The van der Waals surface area contributed by atoms with Gasteiger partial charge in [-0.25, -0.2) is 0 Å². The number of ether oxygens (including phenoxy) is 2. The van der Waals surface area contributed by atoms with Gasteiger partial charge in [0.2, 0.25) is 0 Å². The van der Waals surface area contributed by atoms with Gasteiger partial charge in [-0.1, -0.05) is 0 Å². The Kier molecular flexibility index (Phi) is 4.05. The van der Waals surface area contributed by atoms with Crippen LogP contribution in [-0.2, 0) is 9.47 Å². The Bertz CT molecular complexity index is 161. The maximum atomic E-state index is 5.73. The van der Waals surface area contributed by atoms with Gasteiger partial charge in [-0.2, -0.15) is 23.5 Å². The first-order valence-corrected chi connectivity index (χ1v) is 7.32. The minimum atomic E-state index is 0.236. The van der Waals surface area contributed by atoms with Crippen LogP contribution in [0, 0.1) is 0 Å². The second kappa shape index (κ2) is 5.10. The molecule has 2 saturated heterocycles. The van der Waals surface area contributed by atoms with Gasteiger partial charge in [-0.3, -0.25) is 0 Å². The van der Waals surface area contributed by atoms with Crippen LogP contribution in [0.5, 0.6) is 0 Å². The molecular weight excluding hydrogens is 216 g/mol. The first kappa shape index (κ1) is 11.1. The fourth-order valence-electron chi connectivity index (χ4n) is 1.12. The Morgan fingerprint density at radius 3 is 1.64 bits per heavy atom. The lowest BCUT2D eigenvalue weighted by atomic mass is 10.2. The van der Waals surface area contributed by atoms with Crippen LogP contribution in [0.15, 0.2) is 0 Å². The van der Waals surface area contributed by atoms with E-state index in [-0.39, 0.29) is 12.2 Å². The van der Waals surface area contributed by atoms with Gasteiger partial charge < -0.3 is 9.47 Å². The average molecular weight is 234 g/mol. The second-order valence-electron chi connectivity index (χ2n) is 3.99. The first-order chi connectivity index (χ1) is 6.75. The molecule has 82 valence electrons. The van der Waals surface area contributed by atoms with Crippen molar-refractivity contribution < 1.29 is 9.47 Å². The van der Waals surface area contributed by atoms with Crippen molar-refractivity contribution in [3.63, 3.8) is 0 Å². The fourth-order valence-corrected chi connectivity index (χ4v) is 1.93. The SMILES string of the molecule is CC(OCC1CS1)C(C)OCC1CS1. The summed E-state index contributed by atoms with van der Waals surface area (Å²) in [5.74, 6) is 2.56. The van der Waals surface area contributed by atoms with Gasteiger partial charge in [0.05, 0.1) is 25.4 Å².